The Bertz CT molecular complexity index is 224. The molecule has 0 heterocycles. The molecule has 0 amide bonds. The third-order valence-corrected chi connectivity index (χ3v) is 3.81. The zero-order valence-corrected chi connectivity index (χ0v) is 9.50. The third kappa shape index (κ3) is 1.91. The van der Waals surface area contributed by atoms with Crippen LogP contribution in [0.3, 0.4) is 0 Å². The van der Waals surface area contributed by atoms with Gasteiger partial charge in [-0.25, -0.2) is 0 Å². The van der Waals surface area contributed by atoms with Crippen LogP contribution in [0.2, 0.25) is 0 Å². The minimum Gasteiger partial charge on any atom is -0.171 e. The van der Waals surface area contributed by atoms with Crippen molar-refractivity contribution in [2.24, 2.45) is 22.7 Å². The van der Waals surface area contributed by atoms with Gasteiger partial charge in [0.15, 0.2) is 0 Å². The first kappa shape index (κ1) is 11.9. The highest BCUT2D eigenvalue weighted by molar-refractivity contribution is 5.07. The molecular weight excluding hydrogens is 189 g/mol. The van der Waals surface area contributed by atoms with Gasteiger partial charge in [-0.3, -0.25) is 0 Å². The van der Waals surface area contributed by atoms with Gasteiger partial charge in [-0.05, 0) is 23.2 Å². The molecule has 0 bridgehead atoms. The minimum atomic E-state index is -4.05. The van der Waals surface area contributed by atoms with Crippen LogP contribution in [-0.4, -0.2) is 6.18 Å². The number of hydrogen-bond acceptors (Lipinski definition) is 0. The monoisotopic (exact) mass is 208 g/mol. The molecule has 1 saturated carbocycles. The minimum absolute atomic E-state index is 0.00569. The largest absolute Gasteiger partial charge is 0.392 e. The van der Waals surface area contributed by atoms with Crippen LogP contribution in [0.4, 0.5) is 13.2 Å². The number of halogens is 3. The fourth-order valence-electron chi connectivity index (χ4n) is 2.53. The van der Waals surface area contributed by atoms with E-state index in [0.29, 0.717) is 6.42 Å². The van der Waals surface area contributed by atoms with E-state index in [-0.39, 0.29) is 11.3 Å². The topological polar surface area (TPSA) is 0 Å². The Hall–Kier alpha value is -0.210. The van der Waals surface area contributed by atoms with Gasteiger partial charge in [-0.2, -0.15) is 13.2 Å². The van der Waals surface area contributed by atoms with Gasteiger partial charge in [0, 0.05) is 0 Å². The van der Waals surface area contributed by atoms with Crippen LogP contribution in [0.1, 0.15) is 41.0 Å². The van der Waals surface area contributed by atoms with E-state index in [4.69, 9.17) is 0 Å². The lowest BCUT2D eigenvalue weighted by atomic mass is 9.80. The Morgan fingerprint density at radius 1 is 1.21 bits per heavy atom. The molecule has 84 valence electrons. The van der Waals surface area contributed by atoms with Crippen molar-refractivity contribution in [3.63, 3.8) is 0 Å². The Morgan fingerprint density at radius 2 is 1.64 bits per heavy atom. The summed E-state index contributed by atoms with van der Waals surface area (Å²) in [5.41, 5.74) is -0.537. The second-order valence-electron chi connectivity index (χ2n) is 5.89. The fraction of sp³-hybridized carbons (Fsp3) is 1.00. The fourth-order valence-corrected chi connectivity index (χ4v) is 2.53. The van der Waals surface area contributed by atoms with Crippen LogP contribution in [0.25, 0.3) is 0 Å². The van der Waals surface area contributed by atoms with Gasteiger partial charge in [0.2, 0.25) is 0 Å². The van der Waals surface area contributed by atoms with Crippen molar-refractivity contribution >= 4 is 0 Å². The predicted molar refractivity (Wildman–Crippen MR) is 50.9 cm³/mol. The normalized spacial score (nSPS) is 35.6. The molecule has 0 nitrogen and oxygen atoms in total. The molecule has 0 aromatic heterocycles. The lowest BCUT2D eigenvalue weighted by molar-refractivity contribution is -0.188. The van der Waals surface area contributed by atoms with E-state index >= 15 is 0 Å². The predicted octanol–water partition coefficient (Wildman–Crippen LogP) is 4.26. The Kier molecular flexibility index (Phi) is 2.45. The maximum Gasteiger partial charge on any atom is 0.392 e. The summed E-state index contributed by atoms with van der Waals surface area (Å²) in [5, 5.41) is 0. The summed E-state index contributed by atoms with van der Waals surface area (Å²) < 4.78 is 37.6. The molecule has 14 heavy (non-hydrogen) atoms. The molecular formula is C11H19F3. The van der Waals surface area contributed by atoms with Crippen molar-refractivity contribution < 1.29 is 13.2 Å². The maximum absolute atomic E-state index is 12.5. The van der Waals surface area contributed by atoms with Gasteiger partial charge in [0.25, 0.3) is 0 Å². The first-order chi connectivity index (χ1) is 5.99. The average Bonchev–Trinajstić information content (AvgIpc) is 2.59. The van der Waals surface area contributed by atoms with Gasteiger partial charge in [0.1, 0.15) is 0 Å². The quantitative estimate of drug-likeness (QED) is 0.604. The van der Waals surface area contributed by atoms with Gasteiger partial charge in [-0.1, -0.05) is 34.6 Å². The molecule has 0 N–H and O–H groups in total. The highest BCUT2D eigenvalue weighted by Crippen LogP contribution is 2.66. The molecule has 0 saturated heterocycles. The smallest absolute Gasteiger partial charge is 0.171 e. The molecule has 0 aliphatic heterocycles. The van der Waals surface area contributed by atoms with Crippen molar-refractivity contribution in [3.8, 4) is 0 Å². The molecule has 0 aromatic carbocycles. The Morgan fingerprint density at radius 3 is 1.86 bits per heavy atom. The average molecular weight is 208 g/mol. The zero-order valence-electron chi connectivity index (χ0n) is 9.50. The molecule has 0 spiro atoms. The SMILES string of the molecule is C[C@H](C(F)(F)F)C1(C)CC1C(C)(C)C. The standard InChI is InChI=1S/C11H19F3/c1-7(11(12,13)14)10(5)6-8(10)9(2,3)4/h7-8H,6H2,1-5H3/t7-,8?,10?/m0/s1. The van der Waals surface area contributed by atoms with Crippen molar-refractivity contribution in [1.29, 1.82) is 0 Å². The van der Waals surface area contributed by atoms with Gasteiger partial charge >= 0.3 is 6.18 Å². The summed E-state index contributed by atoms with van der Waals surface area (Å²) in [6, 6.07) is 0. The lowest BCUT2D eigenvalue weighted by Crippen LogP contribution is -2.30. The van der Waals surface area contributed by atoms with Crippen molar-refractivity contribution in [2.75, 3.05) is 0 Å². The van der Waals surface area contributed by atoms with Crippen LogP contribution >= 0.6 is 0 Å². The van der Waals surface area contributed by atoms with E-state index in [1.54, 1.807) is 6.92 Å². The van der Waals surface area contributed by atoms with Crippen molar-refractivity contribution in [3.05, 3.63) is 0 Å². The summed E-state index contributed by atoms with van der Waals surface area (Å²) >= 11 is 0. The number of rotatable bonds is 1. The van der Waals surface area contributed by atoms with Gasteiger partial charge in [0.05, 0.1) is 5.92 Å². The van der Waals surface area contributed by atoms with E-state index in [1.807, 2.05) is 20.8 Å². The first-order valence-electron chi connectivity index (χ1n) is 5.06. The molecule has 3 heteroatoms. The highest BCUT2D eigenvalue weighted by Gasteiger charge is 2.64. The Labute approximate surface area is 83.9 Å². The van der Waals surface area contributed by atoms with E-state index in [1.165, 1.54) is 6.92 Å². The second-order valence-corrected chi connectivity index (χ2v) is 5.89. The van der Waals surface area contributed by atoms with Gasteiger partial charge < -0.3 is 0 Å². The summed E-state index contributed by atoms with van der Waals surface area (Å²) in [4.78, 5) is 0. The third-order valence-electron chi connectivity index (χ3n) is 3.81. The zero-order chi connectivity index (χ0) is 11.4. The molecule has 3 atom stereocenters. The van der Waals surface area contributed by atoms with E-state index in [0.717, 1.165) is 0 Å². The second kappa shape index (κ2) is 2.89. The molecule has 1 aliphatic rings. The molecule has 2 unspecified atom stereocenters. The van der Waals surface area contributed by atoms with Crippen LogP contribution in [0.15, 0.2) is 0 Å². The maximum atomic E-state index is 12.5. The summed E-state index contributed by atoms with van der Waals surface area (Å²) in [6.45, 7) is 9.14. The summed E-state index contributed by atoms with van der Waals surface area (Å²) in [6.07, 6.45) is -3.34. The van der Waals surface area contributed by atoms with E-state index in [2.05, 4.69) is 0 Å². The molecule has 0 radical (unpaired) electrons. The van der Waals surface area contributed by atoms with Crippen LogP contribution in [0, 0.1) is 22.7 Å². The molecule has 0 aromatic rings. The molecule has 1 rings (SSSR count). The number of alkyl halides is 3. The lowest BCUT2D eigenvalue weighted by Gasteiger charge is -2.28. The number of hydrogen-bond donors (Lipinski definition) is 0. The van der Waals surface area contributed by atoms with Crippen molar-refractivity contribution in [2.45, 2.75) is 47.2 Å². The van der Waals surface area contributed by atoms with E-state index in [9.17, 15) is 13.2 Å². The summed E-state index contributed by atoms with van der Waals surface area (Å²) in [5.74, 6) is -0.981. The highest BCUT2D eigenvalue weighted by atomic mass is 19.4. The van der Waals surface area contributed by atoms with Gasteiger partial charge in [-0.15, -0.1) is 0 Å². The van der Waals surface area contributed by atoms with E-state index < -0.39 is 17.5 Å². The van der Waals surface area contributed by atoms with Crippen LogP contribution in [0.5, 0.6) is 0 Å². The van der Waals surface area contributed by atoms with Crippen molar-refractivity contribution in [1.82, 2.24) is 0 Å². The van der Waals surface area contributed by atoms with Crippen LogP contribution < -0.4 is 0 Å². The molecule has 1 fully saturated rings. The molecule has 1 aliphatic carbocycles. The summed E-state index contributed by atoms with van der Waals surface area (Å²) in [7, 11) is 0. The van der Waals surface area contributed by atoms with Crippen LogP contribution in [-0.2, 0) is 0 Å². The first-order valence-corrected chi connectivity index (χ1v) is 5.06. The Balaban J connectivity index is 2.74.